The number of benzene rings is 1. The van der Waals surface area contributed by atoms with Gasteiger partial charge in [-0.2, -0.15) is 0 Å². The molecule has 25 heavy (non-hydrogen) atoms. The third-order valence-corrected chi connectivity index (χ3v) is 4.35. The van der Waals surface area contributed by atoms with Crippen LogP contribution in [0.1, 0.15) is 11.5 Å². The summed E-state index contributed by atoms with van der Waals surface area (Å²) < 4.78 is 29.1. The minimum absolute atomic E-state index is 0.0554. The first kappa shape index (κ1) is 17.4. The van der Waals surface area contributed by atoms with Crippen molar-refractivity contribution in [3.63, 3.8) is 0 Å². The molecule has 3 rings (SSSR count). The van der Waals surface area contributed by atoms with E-state index >= 15 is 0 Å². The summed E-state index contributed by atoms with van der Waals surface area (Å²) in [6.07, 6.45) is 0.613. The quantitative estimate of drug-likeness (QED) is 0.801. The van der Waals surface area contributed by atoms with E-state index in [-0.39, 0.29) is 30.4 Å². The number of halogens is 1. The number of rotatable bonds is 6. The minimum Gasteiger partial charge on any atom is -0.484 e. The van der Waals surface area contributed by atoms with Crippen LogP contribution in [0.15, 0.2) is 34.9 Å². The van der Waals surface area contributed by atoms with Gasteiger partial charge in [-0.3, -0.25) is 4.79 Å². The zero-order valence-corrected chi connectivity index (χ0v) is 14.3. The molecule has 6 nitrogen and oxygen atoms in total. The second kappa shape index (κ2) is 7.65. The van der Waals surface area contributed by atoms with Crippen LogP contribution in [0.4, 0.5) is 4.39 Å². The molecule has 2 heterocycles. The molecule has 1 aliphatic rings. The predicted octanol–water partition coefficient (Wildman–Crippen LogP) is 2.22. The normalized spacial score (nSPS) is 20.0. The molecule has 0 radical (unpaired) electrons. The van der Waals surface area contributed by atoms with Gasteiger partial charge in [-0.05, 0) is 31.2 Å². The molecule has 0 N–H and O–H groups in total. The maximum Gasteiger partial charge on any atom is 0.260 e. The highest BCUT2D eigenvalue weighted by Gasteiger charge is 2.36. The fraction of sp³-hybridized carbons (Fsp3) is 0.444. The van der Waals surface area contributed by atoms with E-state index in [4.69, 9.17) is 14.0 Å². The van der Waals surface area contributed by atoms with Gasteiger partial charge in [0.2, 0.25) is 0 Å². The maximum atomic E-state index is 12.9. The lowest BCUT2D eigenvalue weighted by Crippen LogP contribution is -2.34. The SMILES string of the molecule is CO[C@H]1CN(C(=O)COc2ccc(F)cc2)C[C@H]1Cc1cc(C)no1. The van der Waals surface area contributed by atoms with Crippen LogP contribution < -0.4 is 4.74 Å². The molecule has 7 heteroatoms. The number of amides is 1. The largest absolute Gasteiger partial charge is 0.484 e. The van der Waals surface area contributed by atoms with Crippen LogP contribution in [0.2, 0.25) is 0 Å². The van der Waals surface area contributed by atoms with E-state index in [1.54, 1.807) is 12.0 Å². The molecule has 0 saturated carbocycles. The standard InChI is InChI=1S/C18H21FN2O4/c1-12-7-16(25-20-12)8-13-9-21(10-17(13)23-2)18(22)11-24-15-5-3-14(19)4-6-15/h3-7,13,17H,8-11H2,1-2H3/t13-,17+/m1/s1. The first-order valence-electron chi connectivity index (χ1n) is 8.16. The van der Waals surface area contributed by atoms with Crippen LogP contribution in [0, 0.1) is 18.7 Å². The number of nitrogens with zero attached hydrogens (tertiary/aromatic N) is 2. The van der Waals surface area contributed by atoms with E-state index in [2.05, 4.69) is 5.16 Å². The first-order valence-corrected chi connectivity index (χ1v) is 8.16. The highest BCUT2D eigenvalue weighted by molar-refractivity contribution is 5.78. The molecule has 1 fully saturated rings. The van der Waals surface area contributed by atoms with Crippen molar-refractivity contribution < 1.29 is 23.2 Å². The number of aromatic nitrogens is 1. The van der Waals surface area contributed by atoms with E-state index in [1.165, 1.54) is 24.3 Å². The Bertz CT molecular complexity index is 716. The van der Waals surface area contributed by atoms with Crippen LogP contribution >= 0.6 is 0 Å². The van der Waals surface area contributed by atoms with Crippen molar-refractivity contribution in [2.75, 3.05) is 26.8 Å². The van der Waals surface area contributed by atoms with Crippen LogP contribution in [0.5, 0.6) is 5.75 Å². The van der Waals surface area contributed by atoms with Crippen molar-refractivity contribution in [3.05, 3.63) is 47.6 Å². The van der Waals surface area contributed by atoms with Gasteiger partial charge >= 0.3 is 0 Å². The second-order valence-corrected chi connectivity index (χ2v) is 6.21. The minimum atomic E-state index is -0.341. The van der Waals surface area contributed by atoms with Crippen molar-refractivity contribution in [1.29, 1.82) is 0 Å². The fourth-order valence-corrected chi connectivity index (χ4v) is 3.05. The number of hydrogen-bond acceptors (Lipinski definition) is 5. The van der Waals surface area contributed by atoms with Crippen LogP contribution in [-0.2, 0) is 16.0 Å². The highest BCUT2D eigenvalue weighted by atomic mass is 19.1. The number of ether oxygens (including phenoxy) is 2. The number of methoxy groups -OCH3 is 1. The Morgan fingerprint density at radius 1 is 1.36 bits per heavy atom. The lowest BCUT2D eigenvalue weighted by atomic mass is 10.0. The molecule has 0 unspecified atom stereocenters. The number of aryl methyl sites for hydroxylation is 1. The van der Waals surface area contributed by atoms with Gasteiger partial charge in [0.05, 0.1) is 11.8 Å². The molecular formula is C18H21FN2O4. The number of hydrogen-bond donors (Lipinski definition) is 0. The molecular weight excluding hydrogens is 327 g/mol. The van der Waals surface area contributed by atoms with E-state index in [9.17, 15) is 9.18 Å². The van der Waals surface area contributed by atoms with Crippen LogP contribution in [0.25, 0.3) is 0 Å². The summed E-state index contributed by atoms with van der Waals surface area (Å²) in [5.74, 6) is 0.939. The second-order valence-electron chi connectivity index (χ2n) is 6.21. The summed E-state index contributed by atoms with van der Waals surface area (Å²) in [7, 11) is 1.65. The van der Waals surface area contributed by atoms with Gasteiger partial charge in [0, 0.05) is 38.6 Å². The topological polar surface area (TPSA) is 64.8 Å². The Morgan fingerprint density at radius 2 is 2.12 bits per heavy atom. The molecule has 0 bridgehead atoms. The van der Waals surface area contributed by atoms with Crippen molar-refractivity contribution in [2.24, 2.45) is 5.92 Å². The van der Waals surface area contributed by atoms with Crippen molar-refractivity contribution >= 4 is 5.91 Å². The molecule has 1 aromatic heterocycles. The van der Waals surface area contributed by atoms with E-state index in [0.29, 0.717) is 25.3 Å². The van der Waals surface area contributed by atoms with Crippen molar-refractivity contribution in [3.8, 4) is 5.75 Å². The number of carbonyl (C=O) groups excluding carboxylic acids is 1. The Hall–Kier alpha value is -2.41. The van der Waals surface area contributed by atoms with Crippen LogP contribution in [-0.4, -0.2) is 48.9 Å². The molecule has 2 aromatic rings. The van der Waals surface area contributed by atoms with Gasteiger partial charge in [-0.1, -0.05) is 5.16 Å². The summed E-state index contributed by atoms with van der Waals surface area (Å²) in [5, 5.41) is 3.89. The third-order valence-electron chi connectivity index (χ3n) is 4.35. The monoisotopic (exact) mass is 348 g/mol. The fourth-order valence-electron chi connectivity index (χ4n) is 3.05. The van der Waals surface area contributed by atoms with E-state index < -0.39 is 0 Å². The zero-order valence-electron chi connectivity index (χ0n) is 14.3. The lowest BCUT2D eigenvalue weighted by Gasteiger charge is -2.16. The van der Waals surface area contributed by atoms with Gasteiger partial charge < -0.3 is 18.9 Å². The molecule has 1 amide bonds. The average Bonchev–Trinajstić information content (AvgIpc) is 3.20. The smallest absolute Gasteiger partial charge is 0.260 e. The average molecular weight is 348 g/mol. The predicted molar refractivity (Wildman–Crippen MR) is 87.7 cm³/mol. The summed E-state index contributed by atoms with van der Waals surface area (Å²) in [6.45, 7) is 2.87. The van der Waals surface area contributed by atoms with Crippen molar-refractivity contribution in [1.82, 2.24) is 10.1 Å². The maximum absolute atomic E-state index is 12.9. The van der Waals surface area contributed by atoms with E-state index in [1.807, 2.05) is 13.0 Å². The molecule has 1 saturated heterocycles. The summed E-state index contributed by atoms with van der Waals surface area (Å²) in [4.78, 5) is 14.1. The molecule has 0 aliphatic carbocycles. The van der Waals surface area contributed by atoms with Crippen LogP contribution in [0.3, 0.4) is 0 Å². The molecule has 1 aromatic carbocycles. The molecule has 1 aliphatic heterocycles. The summed E-state index contributed by atoms with van der Waals surface area (Å²) in [6, 6.07) is 7.49. The van der Waals surface area contributed by atoms with Crippen molar-refractivity contribution in [2.45, 2.75) is 19.4 Å². The van der Waals surface area contributed by atoms with Gasteiger partial charge in [0.25, 0.3) is 5.91 Å². The van der Waals surface area contributed by atoms with Gasteiger partial charge in [-0.25, -0.2) is 4.39 Å². The molecule has 2 atom stereocenters. The van der Waals surface area contributed by atoms with Gasteiger partial charge in [-0.15, -0.1) is 0 Å². The number of carbonyl (C=O) groups is 1. The zero-order chi connectivity index (χ0) is 17.8. The third kappa shape index (κ3) is 4.36. The van der Waals surface area contributed by atoms with Gasteiger partial charge in [0.15, 0.2) is 6.61 Å². The number of likely N-dealkylation sites (tertiary alicyclic amines) is 1. The molecule has 0 spiro atoms. The summed E-state index contributed by atoms with van der Waals surface area (Å²) in [5.41, 5.74) is 0.836. The summed E-state index contributed by atoms with van der Waals surface area (Å²) >= 11 is 0. The Balaban J connectivity index is 1.55. The van der Waals surface area contributed by atoms with Gasteiger partial charge in [0.1, 0.15) is 17.3 Å². The Morgan fingerprint density at radius 3 is 2.76 bits per heavy atom. The highest BCUT2D eigenvalue weighted by Crippen LogP contribution is 2.24. The first-order chi connectivity index (χ1) is 12.0. The Labute approximate surface area is 145 Å². The molecule has 134 valence electrons. The Kier molecular flexibility index (Phi) is 5.33. The van der Waals surface area contributed by atoms with E-state index in [0.717, 1.165) is 11.5 Å². The lowest BCUT2D eigenvalue weighted by molar-refractivity contribution is -0.132.